The van der Waals surface area contributed by atoms with Gasteiger partial charge in [0.25, 0.3) is 5.91 Å². The number of aromatic nitrogens is 1. The Morgan fingerprint density at radius 1 is 1.19 bits per heavy atom. The molecule has 1 saturated carbocycles. The molecule has 1 atom stereocenters. The molecule has 1 unspecified atom stereocenters. The fraction of sp³-hybridized carbons (Fsp3) is 0.364. The van der Waals surface area contributed by atoms with Gasteiger partial charge >= 0.3 is 5.97 Å². The molecule has 8 nitrogen and oxygen atoms in total. The minimum Gasteiger partial charge on any atom is -0.497 e. The van der Waals surface area contributed by atoms with E-state index in [1.54, 1.807) is 30.5 Å². The van der Waals surface area contributed by atoms with E-state index in [9.17, 15) is 14.9 Å². The number of anilines is 1. The Kier molecular flexibility index (Phi) is 7.02. The van der Waals surface area contributed by atoms with E-state index in [4.69, 9.17) is 14.2 Å². The number of carbonyl (C=O) groups is 2. The zero-order valence-electron chi connectivity index (χ0n) is 17.7. The maximum atomic E-state index is 12.8. The normalized spacial score (nSPS) is 13.6. The highest BCUT2D eigenvalue weighted by atomic mass is 32.2. The third-order valence-corrected chi connectivity index (χ3v) is 5.48. The summed E-state index contributed by atoms with van der Waals surface area (Å²) in [6.45, 7) is 1.47. The number of hydrogen-bond donors (Lipinski definition) is 1. The highest BCUT2D eigenvalue weighted by molar-refractivity contribution is 7.98. The van der Waals surface area contributed by atoms with E-state index >= 15 is 0 Å². The molecule has 1 aliphatic rings. The molecule has 1 amide bonds. The van der Waals surface area contributed by atoms with E-state index in [-0.39, 0.29) is 11.1 Å². The minimum absolute atomic E-state index is 0.131. The van der Waals surface area contributed by atoms with Crippen LogP contribution in [0.4, 0.5) is 5.69 Å². The van der Waals surface area contributed by atoms with Gasteiger partial charge in [-0.25, -0.2) is 9.78 Å². The van der Waals surface area contributed by atoms with Crippen LogP contribution in [0.3, 0.4) is 0 Å². The van der Waals surface area contributed by atoms with Crippen LogP contribution < -0.4 is 14.8 Å². The number of hydrogen-bond acceptors (Lipinski definition) is 8. The number of nitrogens with one attached hydrogen (secondary N) is 1. The van der Waals surface area contributed by atoms with E-state index < -0.39 is 18.0 Å². The van der Waals surface area contributed by atoms with Crippen molar-refractivity contribution in [1.82, 2.24) is 4.98 Å². The first-order valence-corrected chi connectivity index (χ1v) is 10.9. The zero-order chi connectivity index (χ0) is 22.5. The van der Waals surface area contributed by atoms with Gasteiger partial charge < -0.3 is 19.5 Å². The number of rotatable bonds is 8. The second kappa shape index (κ2) is 9.71. The van der Waals surface area contributed by atoms with Gasteiger partial charge in [-0.3, -0.25) is 4.79 Å². The molecule has 1 aromatic carbocycles. The van der Waals surface area contributed by atoms with Gasteiger partial charge in [-0.05, 0) is 32.1 Å². The second-order valence-electron chi connectivity index (χ2n) is 7.00. The summed E-state index contributed by atoms with van der Waals surface area (Å²) in [6, 6.07) is 8.56. The van der Waals surface area contributed by atoms with Crippen molar-refractivity contribution in [3.05, 3.63) is 41.1 Å². The van der Waals surface area contributed by atoms with Gasteiger partial charge in [0, 0.05) is 35.5 Å². The SMILES string of the molecule is COc1cc(NC(=O)C(C)OC(=O)c2cc(C3CC3)nc(SC)c2C#N)cc(OC)c1. The zero-order valence-corrected chi connectivity index (χ0v) is 18.5. The predicted molar refractivity (Wildman–Crippen MR) is 116 cm³/mol. The molecule has 1 aromatic heterocycles. The molecular formula is C22H23N3O5S. The average Bonchev–Trinajstić information content (AvgIpc) is 3.63. The van der Waals surface area contributed by atoms with Crippen LogP contribution in [0, 0.1) is 11.3 Å². The van der Waals surface area contributed by atoms with Crippen LogP contribution in [0.5, 0.6) is 11.5 Å². The van der Waals surface area contributed by atoms with Crippen molar-refractivity contribution in [1.29, 1.82) is 5.26 Å². The van der Waals surface area contributed by atoms with Crippen molar-refractivity contribution in [2.75, 3.05) is 25.8 Å². The lowest BCUT2D eigenvalue weighted by atomic mass is 10.1. The first-order chi connectivity index (χ1) is 14.9. The Labute approximate surface area is 184 Å². The number of amides is 1. The number of pyridine rings is 1. The highest BCUT2D eigenvalue weighted by Gasteiger charge is 2.30. The summed E-state index contributed by atoms with van der Waals surface area (Å²) in [4.78, 5) is 29.9. The largest absolute Gasteiger partial charge is 0.497 e. The van der Waals surface area contributed by atoms with E-state index in [1.807, 2.05) is 6.07 Å². The van der Waals surface area contributed by atoms with Gasteiger partial charge in [-0.15, -0.1) is 11.8 Å². The third kappa shape index (κ3) is 5.27. The van der Waals surface area contributed by atoms with Gasteiger partial charge in [-0.2, -0.15) is 5.26 Å². The van der Waals surface area contributed by atoms with Crippen LogP contribution in [0.1, 0.15) is 47.3 Å². The summed E-state index contributed by atoms with van der Waals surface area (Å²) in [7, 11) is 3.01. The summed E-state index contributed by atoms with van der Waals surface area (Å²) in [5, 5.41) is 12.7. The standard InChI is InChI=1S/C22H23N3O5S/c1-12(20(26)24-14-7-15(28-2)9-16(8-14)29-3)30-22(27)17-10-19(13-5-6-13)25-21(31-4)18(17)11-23/h7-10,12-13H,5-6H2,1-4H3,(H,24,26). The molecule has 9 heteroatoms. The lowest BCUT2D eigenvalue weighted by Gasteiger charge is -2.16. The van der Waals surface area contributed by atoms with Crippen molar-refractivity contribution < 1.29 is 23.8 Å². The van der Waals surface area contributed by atoms with Crippen LogP contribution in [-0.2, 0) is 9.53 Å². The van der Waals surface area contributed by atoms with Gasteiger partial charge in [-0.1, -0.05) is 0 Å². The van der Waals surface area contributed by atoms with E-state index in [2.05, 4.69) is 10.3 Å². The number of carbonyl (C=O) groups excluding carboxylic acids is 2. The van der Waals surface area contributed by atoms with Crippen molar-refractivity contribution in [2.45, 2.75) is 36.8 Å². The van der Waals surface area contributed by atoms with Gasteiger partial charge in [0.2, 0.25) is 0 Å². The Morgan fingerprint density at radius 2 is 1.84 bits per heavy atom. The molecule has 2 aromatic rings. The summed E-state index contributed by atoms with van der Waals surface area (Å²) < 4.78 is 15.8. The molecule has 1 heterocycles. The van der Waals surface area contributed by atoms with E-state index in [0.717, 1.165) is 18.5 Å². The molecule has 0 spiro atoms. The fourth-order valence-corrected chi connectivity index (χ4v) is 3.50. The molecule has 0 radical (unpaired) electrons. The maximum Gasteiger partial charge on any atom is 0.340 e. The summed E-state index contributed by atoms with van der Waals surface area (Å²) >= 11 is 1.30. The van der Waals surface area contributed by atoms with Crippen molar-refractivity contribution >= 4 is 29.3 Å². The number of ether oxygens (including phenoxy) is 3. The molecule has 1 aliphatic carbocycles. The van der Waals surface area contributed by atoms with E-state index in [0.29, 0.717) is 28.1 Å². The van der Waals surface area contributed by atoms with Gasteiger partial charge in [0.15, 0.2) is 6.10 Å². The summed E-state index contributed by atoms with van der Waals surface area (Å²) in [5.74, 6) is 0.0543. The van der Waals surface area contributed by atoms with Crippen LogP contribution in [-0.4, -0.2) is 43.4 Å². The minimum atomic E-state index is -1.09. The molecule has 1 N–H and O–H groups in total. The van der Waals surface area contributed by atoms with Crippen molar-refractivity contribution in [2.24, 2.45) is 0 Å². The molecule has 1 fully saturated rings. The lowest BCUT2D eigenvalue weighted by molar-refractivity contribution is -0.123. The van der Waals surface area contributed by atoms with Crippen molar-refractivity contribution in [3.8, 4) is 17.6 Å². The van der Waals surface area contributed by atoms with Crippen LogP contribution in [0.25, 0.3) is 0 Å². The number of nitriles is 1. The van der Waals surface area contributed by atoms with Crippen LogP contribution >= 0.6 is 11.8 Å². The smallest absolute Gasteiger partial charge is 0.340 e. The first-order valence-electron chi connectivity index (χ1n) is 9.64. The van der Waals surface area contributed by atoms with Gasteiger partial charge in [0.1, 0.15) is 22.6 Å². The Bertz CT molecular complexity index is 1020. The van der Waals surface area contributed by atoms with Crippen LogP contribution in [0.15, 0.2) is 29.3 Å². The van der Waals surface area contributed by atoms with E-state index in [1.165, 1.54) is 32.9 Å². The molecular weight excluding hydrogens is 418 g/mol. The molecule has 0 saturated heterocycles. The predicted octanol–water partition coefficient (Wildman–Crippen LogP) is 3.75. The maximum absolute atomic E-state index is 12.8. The fourth-order valence-electron chi connectivity index (χ4n) is 2.95. The third-order valence-electron chi connectivity index (χ3n) is 4.80. The average molecular weight is 442 g/mol. The monoisotopic (exact) mass is 441 g/mol. The molecule has 0 bridgehead atoms. The number of benzene rings is 1. The highest BCUT2D eigenvalue weighted by Crippen LogP contribution is 2.40. The first kappa shape index (κ1) is 22.4. The Balaban J connectivity index is 1.77. The Hall–Kier alpha value is -3.25. The quantitative estimate of drug-likeness (QED) is 0.487. The number of esters is 1. The molecule has 3 rings (SSSR count). The number of nitrogens with zero attached hydrogens (tertiary/aromatic N) is 2. The second-order valence-corrected chi connectivity index (χ2v) is 7.80. The molecule has 0 aliphatic heterocycles. The van der Waals surface area contributed by atoms with Gasteiger partial charge in [0.05, 0.1) is 25.3 Å². The Morgan fingerprint density at radius 3 is 2.35 bits per heavy atom. The molecule has 162 valence electrons. The lowest BCUT2D eigenvalue weighted by Crippen LogP contribution is -2.30. The number of thioether (sulfide) groups is 1. The summed E-state index contributed by atoms with van der Waals surface area (Å²) in [5.41, 5.74) is 1.50. The molecule has 31 heavy (non-hydrogen) atoms. The summed E-state index contributed by atoms with van der Waals surface area (Å²) in [6.07, 6.45) is 2.72. The number of methoxy groups -OCH3 is 2. The topological polar surface area (TPSA) is 111 Å². The van der Waals surface area contributed by atoms with Crippen molar-refractivity contribution in [3.63, 3.8) is 0 Å². The van der Waals surface area contributed by atoms with Crippen LogP contribution in [0.2, 0.25) is 0 Å².